The highest BCUT2D eigenvalue weighted by Gasteiger charge is 2.67. The number of carbonyl (C=O) groups excluding carboxylic acids is 1. The number of carboxylic acid groups (broad SMARTS) is 2. The Morgan fingerprint density at radius 1 is 1.07 bits per heavy atom. The van der Waals surface area contributed by atoms with Crippen molar-refractivity contribution in [3.63, 3.8) is 0 Å². The topological polar surface area (TPSA) is 116 Å². The number of hydrogen-bond acceptors (Lipinski definition) is 5. The van der Waals surface area contributed by atoms with Crippen LogP contribution >= 0.6 is 0 Å². The lowest BCUT2D eigenvalue weighted by atomic mass is 9.72. The summed E-state index contributed by atoms with van der Waals surface area (Å²) in [4.78, 5) is 39.6. The van der Waals surface area contributed by atoms with E-state index in [1.807, 2.05) is 4.90 Å². The number of ether oxygens (including phenoxy) is 1. The zero-order chi connectivity index (χ0) is 22.7. The van der Waals surface area contributed by atoms with E-state index in [9.17, 15) is 24.6 Å². The Morgan fingerprint density at radius 3 is 2.10 bits per heavy atom. The maximum Gasteiger partial charge on any atom is 0.408 e. The first-order chi connectivity index (χ1) is 13.9. The summed E-state index contributed by atoms with van der Waals surface area (Å²) in [6.07, 6.45) is 5.19. The molecule has 0 aromatic heterocycles. The van der Waals surface area contributed by atoms with Crippen LogP contribution in [-0.2, 0) is 14.3 Å². The Balaban J connectivity index is 2.46. The molecular formula is C22H38N2O6. The van der Waals surface area contributed by atoms with E-state index in [2.05, 4.69) is 5.32 Å². The summed E-state index contributed by atoms with van der Waals surface area (Å²) in [5.41, 5.74) is -3.86. The smallest absolute Gasteiger partial charge is 0.408 e. The van der Waals surface area contributed by atoms with Crippen LogP contribution in [0, 0.1) is 11.8 Å². The normalized spacial score (nSPS) is 30.8. The van der Waals surface area contributed by atoms with Gasteiger partial charge in [0.2, 0.25) is 0 Å². The van der Waals surface area contributed by atoms with Crippen LogP contribution in [0.15, 0.2) is 0 Å². The van der Waals surface area contributed by atoms with E-state index >= 15 is 0 Å². The lowest BCUT2D eigenvalue weighted by Gasteiger charge is -2.41. The molecule has 1 saturated heterocycles. The molecule has 0 bridgehead atoms. The molecule has 30 heavy (non-hydrogen) atoms. The van der Waals surface area contributed by atoms with E-state index in [0.29, 0.717) is 18.9 Å². The molecule has 1 aliphatic heterocycles. The molecule has 0 spiro atoms. The van der Waals surface area contributed by atoms with Crippen molar-refractivity contribution in [1.29, 1.82) is 0 Å². The van der Waals surface area contributed by atoms with Gasteiger partial charge in [-0.1, -0.05) is 33.1 Å². The average Bonchev–Trinajstić information content (AvgIpc) is 2.91. The first-order valence-electron chi connectivity index (χ1n) is 11.2. The van der Waals surface area contributed by atoms with Crippen LogP contribution in [0.25, 0.3) is 0 Å². The number of hydrogen-bond donors (Lipinski definition) is 3. The van der Waals surface area contributed by atoms with Gasteiger partial charge in [0, 0.05) is 19.0 Å². The van der Waals surface area contributed by atoms with Gasteiger partial charge in [0.15, 0.2) is 5.54 Å². The van der Waals surface area contributed by atoms with Crippen molar-refractivity contribution in [3.8, 4) is 0 Å². The third kappa shape index (κ3) is 4.58. The molecule has 1 aliphatic carbocycles. The predicted molar refractivity (Wildman–Crippen MR) is 112 cm³/mol. The van der Waals surface area contributed by atoms with Crippen molar-refractivity contribution in [3.05, 3.63) is 0 Å². The zero-order valence-corrected chi connectivity index (χ0v) is 19.0. The van der Waals surface area contributed by atoms with Crippen LogP contribution in [0.5, 0.6) is 0 Å². The largest absolute Gasteiger partial charge is 0.480 e. The number of nitrogens with one attached hydrogen (secondary N) is 1. The number of alkyl carbamates (subject to hydrolysis) is 1. The fourth-order valence-corrected chi connectivity index (χ4v) is 5.56. The zero-order valence-electron chi connectivity index (χ0n) is 19.0. The van der Waals surface area contributed by atoms with Crippen molar-refractivity contribution in [2.45, 2.75) is 96.2 Å². The maximum absolute atomic E-state index is 12.6. The Bertz CT molecular complexity index is 655. The van der Waals surface area contributed by atoms with Crippen LogP contribution in [0.3, 0.4) is 0 Å². The predicted octanol–water partition coefficient (Wildman–Crippen LogP) is 3.49. The maximum atomic E-state index is 12.6. The quantitative estimate of drug-likeness (QED) is 0.570. The molecule has 0 radical (unpaired) electrons. The molecule has 2 aliphatic rings. The number of aliphatic carboxylic acids is 2. The van der Waals surface area contributed by atoms with Gasteiger partial charge >= 0.3 is 18.0 Å². The van der Waals surface area contributed by atoms with Crippen LogP contribution in [0.4, 0.5) is 4.79 Å². The fraction of sp³-hybridized carbons (Fsp3) is 0.864. The molecule has 1 amide bonds. The van der Waals surface area contributed by atoms with E-state index in [-0.39, 0.29) is 13.0 Å². The molecule has 0 aromatic carbocycles. The minimum atomic E-state index is -1.72. The van der Waals surface area contributed by atoms with Crippen LogP contribution in [-0.4, -0.2) is 62.9 Å². The van der Waals surface area contributed by atoms with Gasteiger partial charge in [-0.15, -0.1) is 0 Å². The Morgan fingerprint density at radius 2 is 1.67 bits per heavy atom. The molecule has 1 heterocycles. The summed E-state index contributed by atoms with van der Waals surface area (Å²) in [6, 6.07) is 0. The summed E-state index contributed by atoms with van der Waals surface area (Å²) < 4.78 is 5.34. The molecule has 1 saturated carbocycles. The van der Waals surface area contributed by atoms with E-state index in [1.165, 1.54) is 6.42 Å². The summed E-state index contributed by atoms with van der Waals surface area (Å²) in [7, 11) is 0. The third-order valence-corrected chi connectivity index (χ3v) is 6.80. The second-order valence-electron chi connectivity index (χ2n) is 9.83. The van der Waals surface area contributed by atoms with Crippen molar-refractivity contribution in [2.24, 2.45) is 11.8 Å². The Labute approximate surface area is 179 Å². The van der Waals surface area contributed by atoms with Gasteiger partial charge in [-0.05, 0) is 52.4 Å². The highest BCUT2D eigenvalue weighted by atomic mass is 16.6. The van der Waals surface area contributed by atoms with Crippen LogP contribution in [0.2, 0.25) is 0 Å². The van der Waals surface area contributed by atoms with Gasteiger partial charge in [-0.2, -0.15) is 0 Å². The molecule has 8 nitrogen and oxygen atoms in total. The van der Waals surface area contributed by atoms with Crippen molar-refractivity contribution < 1.29 is 29.3 Å². The van der Waals surface area contributed by atoms with Crippen LogP contribution in [0.1, 0.15) is 79.6 Å². The fourth-order valence-electron chi connectivity index (χ4n) is 5.56. The Kier molecular flexibility index (Phi) is 7.43. The molecule has 0 aromatic rings. The number of likely N-dealkylation sites (tertiary alicyclic amines) is 1. The second-order valence-corrected chi connectivity index (χ2v) is 9.83. The first-order valence-corrected chi connectivity index (χ1v) is 11.2. The molecule has 3 atom stereocenters. The lowest BCUT2D eigenvalue weighted by molar-refractivity contribution is -0.154. The van der Waals surface area contributed by atoms with Gasteiger partial charge in [0.1, 0.15) is 11.1 Å². The van der Waals surface area contributed by atoms with Gasteiger partial charge in [0.25, 0.3) is 0 Å². The monoisotopic (exact) mass is 426 g/mol. The molecule has 8 heteroatoms. The van der Waals surface area contributed by atoms with Gasteiger partial charge in [0.05, 0.1) is 0 Å². The highest BCUT2D eigenvalue weighted by Crippen LogP contribution is 2.47. The Hall–Kier alpha value is -1.83. The average molecular weight is 427 g/mol. The van der Waals surface area contributed by atoms with E-state index < -0.39 is 40.6 Å². The molecule has 172 valence electrons. The van der Waals surface area contributed by atoms with E-state index in [0.717, 1.165) is 25.7 Å². The number of carboxylic acids is 2. The highest BCUT2D eigenvalue weighted by molar-refractivity contribution is 5.90. The standard InChI is InChI=1S/C22H38N2O6/c1-6-16-21(17(25)26,23-19(29)30-20(3,4)5)14-24(22(16,7-2)18(27)28)13-15-11-9-8-10-12-15/h15-16H,6-14H2,1-5H3,(H,23,29)(H,25,26)(H,27,28)/t16?,21-,22+/m0/s1. The number of carbonyl (C=O) groups is 3. The van der Waals surface area contributed by atoms with Gasteiger partial charge < -0.3 is 20.3 Å². The van der Waals surface area contributed by atoms with Crippen molar-refractivity contribution in [2.75, 3.05) is 13.1 Å². The minimum Gasteiger partial charge on any atom is -0.480 e. The van der Waals surface area contributed by atoms with Crippen LogP contribution < -0.4 is 5.32 Å². The molecule has 3 N–H and O–H groups in total. The number of rotatable bonds is 7. The molecule has 2 rings (SSSR count). The number of amides is 1. The number of nitrogens with zero attached hydrogens (tertiary/aromatic N) is 1. The summed E-state index contributed by atoms with van der Waals surface area (Å²) in [5, 5.41) is 23.2. The van der Waals surface area contributed by atoms with Crippen molar-refractivity contribution in [1.82, 2.24) is 10.2 Å². The SMILES string of the molecule is CCC1[C@](CC)(C(=O)O)N(CC2CCCCC2)C[C@@]1(NC(=O)OC(C)(C)C)C(=O)O. The second kappa shape index (κ2) is 9.12. The molecule has 2 fully saturated rings. The summed E-state index contributed by atoms with van der Waals surface area (Å²) in [6.45, 7) is 9.17. The van der Waals surface area contributed by atoms with E-state index in [1.54, 1.807) is 34.6 Å². The van der Waals surface area contributed by atoms with Crippen molar-refractivity contribution >= 4 is 18.0 Å². The van der Waals surface area contributed by atoms with Gasteiger partial charge in [-0.25, -0.2) is 9.59 Å². The minimum absolute atomic E-state index is 0.0449. The third-order valence-electron chi connectivity index (χ3n) is 6.80. The van der Waals surface area contributed by atoms with Gasteiger partial charge in [-0.3, -0.25) is 9.69 Å². The molecule has 1 unspecified atom stereocenters. The summed E-state index contributed by atoms with van der Waals surface area (Å²) >= 11 is 0. The first kappa shape index (κ1) is 24.4. The van der Waals surface area contributed by atoms with E-state index in [4.69, 9.17) is 4.74 Å². The molecular weight excluding hydrogens is 388 g/mol. The summed E-state index contributed by atoms with van der Waals surface area (Å²) in [5.74, 6) is -2.69. The lowest BCUT2D eigenvalue weighted by Crippen LogP contribution is -2.63.